The van der Waals surface area contributed by atoms with Crippen molar-refractivity contribution in [2.75, 3.05) is 26.2 Å². The first kappa shape index (κ1) is 21.8. The number of benzene rings is 1. The molecule has 4 rings (SSSR count). The number of pyridine rings is 1. The van der Waals surface area contributed by atoms with Crippen LogP contribution in [0, 0.1) is 6.92 Å². The second-order valence-corrected chi connectivity index (χ2v) is 7.57. The molecule has 0 atom stereocenters. The minimum Gasteiger partial charge on any atom is -0.339 e. The number of hydrogen-bond acceptors (Lipinski definition) is 5. The summed E-state index contributed by atoms with van der Waals surface area (Å²) in [5.74, 6) is -0.345. The van der Waals surface area contributed by atoms with Crippen molar-refractivity contribution in [3.63, 3.8) is 0 Å². The number of amides is 2. The first-order valence-electron chi connectivity index (χ1n) is 10.2. The second kappa shape index (κ2) is 8.25. The number of carbonyl (C=O) groups excluding carboxylic acids is 2. The van der Waals surface area contributed by atoms with E-state index < -0.39 is 11.7 Å². The summed E-state index contributed by atoms with van der Waals surface area (Å²) in [4.78, 5) is 32.8. The number of piperazine rings is 1. The van der Waals surface area contributed by atoms with Crippen LogP contribution < -0.4 is 0 Å². The first-order chi connectivity index (χ1) is 15.2. The fraction of sp³-hybridized carbons (Fsp3) is 0.364. The van der Waals surface area contributed by atoms with E-state index in [1.165, 1.54) is 24.3 Å². The number of rotatable bonds is 3. The van der Waals surface area contributed by atoms with E-state index in [0.717, 1.165) is 6.07 Å². The average molecular weight is 446 g/mol. The molecule has 0 aliphatic carbocycles. The highest BCUT2D eigenvalue weighted by molar-refractivity contribution is 6.07. The summed E-state index contributed by atoms with van der Waals surface area (Å²) in [6.45, 7) is 4.88. The Labute approximate surface area is 181 Å². The summed E-state index contributed by atoms with van der Waals surface area (Å²) in [6.07, 6.45) is -4.20. The number of halogens is 3. The molecule has 0 unspecified atom stereocenters. The molecule has 0 bridgehead atoms. The summed E-state index contributed by atoms with van der Waals surface area (Å²) in [7, 11) is 0. The van der Waals surface area contributed by atoms with Crippen LogP contribution in [0.3, 0.4) is 0 Å². The molecule has 1 aromatic carbocycles. The van der Waals surface area contributed by atoms with Crippen LogP contribution in [0.15, 0.2) is 34.9 Å². The molecule has 0 spiro atoms. The third-order valence-electron chi connectivity index (χ3n) is 5.58. The zero-order valence-corrected chi connectivity index (χ0v) is 17.6. The molecule has 168 valence electrons. The molecule has 1 fully saturated rings. The highest BCUT2D eigenvalue weighted by Gasteiger charge is 2.34. The maximum atomic E-state index is 13.6. The van der Waals surface area contributed by atoms with E-state index >= 15 is 0 Å². The van der Waals surface area contributed by atoms with Crippen molar-refractivity contribution in [1.29, 1.82) is 0 Å². The number of fused-ring (bicyclic) bond motifs is 1. The van der Waals surface area contributed by atoms with Crippen molar-refractivity contribution in [3.8, 4) is 11.3 Å². The number of aromatic nitrogens is 2. The maximum Gasteiger partial charge on any atom is 0.417 e. The topological polar surface area (TPSA) is 79.5 Å². The van der Waals surface area contributed by atoms with E-state index in [0.29, 0.717) is 43.7 Å². The van der Waals surface area contributed by atoms with Gasteiger partial charge in [-0.2, -0.15) is 13.2 Å². The maximum absolute atomic E-state index is 13.6. The summed E-state index contributed by atoms with van der Waals surface area (Å²) in [6, 6.07) is 6.42. The number of carbonyl (C=O) groups is 2. The van der Waals surface area contributed by atoms with Crippen LogP contribution in [0.1, 0.15) is 35.0 Å². The Bertz CT molecular complexity index is 1180. The van der Waals surface area contributed by atoms with Crippen LogP contribution in [0.25, 0.3) is 22.4 Å². The Kier molecular flexibility index (Phi) is 5.62. The molecular formula is C22H21F3N4O3. The molecule has 3 heterocycles. The lowest BCUT2D eigenvalue weighted by Crippen LogP contribution is -2.50. The van der Waals surface area contributed by atoms with Gasteiger partial charge in [0.15, 0.2) is 0 Å². The molecule has 3 aromatic rings. The molecule has 10 heteroatoms. The fourth-order valence-corrected chi connectivity index (χ4v) is 3.91. The molecule has 0 radical (unpaired) electrons. The minimum absolute atomic E-state index is 0.000115. The molecule has 1 aliphatic rings. The summed E-state index contributed by atoms with van der Waals surface area (Å²) in [5, 5.41) is 4.22. The van der Waals surface area contributed by atoms with Crippen molar-refractivity contribution >= 4 is 22.9 Å². The number of aryl methyl sites for hydroxylation is 1. The molecule has 32 heavy (non-hydrogen) atoms. The fourth-order valence-electron chi connectivity index (χ4n) is 3.91. The third-order valence-corrected chi connectivity index (χ3v) is 5.58. The van der Waals surface area contributed by atoms with Crippen LogP contribution in [0.2, 0.25) is 0 Å². The van der Waals surface area contributed by atoms with Gasteiger partial charge in [0.25, 0.3) is 11.6 Å². The Hall–Kier alpha value is -3.43. The lowest BCUT2D eigenvalue weighted by atomic mass is 10.00. The lowest BCUT2D eigenvalue weighted by molar-refractivity contribution is -0.137. The lowest BCUT2D eigenvalue weighted by Gasteiger charge is -2.34. The van der Waals surface area contributed by atoms with Gasteiger partial charge in [-0.15, -0.1) is 0 Å². The van der Waals surface area contributed by atoms with Crippen LogP contribution in [-0.2, 0) is 11.0 Å². The smallest absolute Gasteiger partial charge is 0.339 e. The second-order valence-electron chi connectivity index (χ2n) is 7.57. The normalized spacial score (nSPS) is 14.8. The van der Waals surface area contributed by atoms with Gasteiger partial charge < -0.3 is 14.3 Å². The Morgan fingerprint density at radius 1 is 1.09 bits per heavy atom. The van der Waals surface area contributed by atoms with Gasteiger partial charge in [-0.25, -0.2) is 4.98 Å². The largest absolute Gasteiger partial charge is 0.417 e. The molecule has 7 nitrogen and oxygen atoms in total. The minimum atomic E-state index is -4.59. The van der Waals surface area contributed by atoms with Crippen molar-refractivity contribution in [2.24, 2.45) is 0 Å². The van der Waals surface area contributed by atoms with E-state index in [2.05, 4.69) is 10.1 Å². The van der Waals surface area contributed by atoms with E-state index in [-0.39, 0.29) is 34.3 Å². The predicted molar refractivity (Wildman–Crippen MR) is 110 cm³/mol. The van der Waals surface area contributed by atoms with Gasteiger partial charge in [0.1, 0.15) is 0 Å². The number of alkyl halides is 3. The highest BCUT2D eigenvalue weighted by atomic mass is 19.4. The zero-order valence-electron chi connectivity index (χ0n) is 17.6. The van der Waals surface area contributed by atoms with Gasteiger partial charge in [0.05, 0.1) is 27.9 Å². The molecule has 1 saturated heterocycles. The predicted octanol–water partition coefficient (Wildman–Crippen LogP) is 3.91. The van der Waals surface area contributed by atoms with Gasteiger partial charge in [-0.3, -0.25) is 9.59 Å². The Morgan fingerprint density at radius 2 is 1.75 bits per heavy atom. The summed E-state index contributed by atoms with van der Waals surface area (Å²) in [5.41, 5.74) is -0.427. The monoisotopic (exact) mass is 446 g/mol. The van der Waals surface area contributed by atoms with Crippen LogP contribution in [0.5, 0.6) is 0 Å². The van der Waals surface area contributed by atoms with Gasteiger partial charge >= 0.3 is 6.18 Å². The van der Waals surface area contributed by atoms with Crippen molar-refractivity contribution < 1.29 is 27.3 Å². The molecule has 0 saturated carbocycles. The molecule has 2 amide bonds. The van der Waals surface area contributed by atoms with E-state index in [1.54, 1.807) is 23.6 Å². The van der Waals surface area contributed by atoms with Crippen molar-refractivity contribution in [3.05, 3.63) is 47.2 Å². The molecule has 2 aromatic heterocycles. The van der Waals surface area contributed by atoms with Gasteiger partial charge in [0, 0.05) is 38.2 Å². The van der Waals surface area contributed by atoms with Crippen LogP contribution in [0.4, 0.5) is 13.2 Å². The number of nitrogens with zero attached hydrogens (tertiary/aromatic N) is 4. The first-order valence-corrected chi connectivity index (χ1v) is 10.2. The van der Waals surface area contributed by atoms with E-state index in [9.17, 15) is 22.8 Å². The average Bonchev–Trinajstić information content (AvgIpc) is 3.17. The third kappa shape index (κ3) is 3.92. The van der Waals surface area contributed by atoms with Crippen molar-refractivity contribution in [1.82, 2.24) is 19.9 Å². The standard InChI is InChI=1S/C22H21F3N4O3/c1-3-18(30)28-8-10-29(11-9-28)21(31)15-12-17(26-20-19(15)13(2)27-32-20)14-6-4-5-7-16(14)22(23,24)25/h4-7,12H,3,8-11H2,1-2H3. The Balaban J connectivity index is 1.76. The Morgan fingerprint density at radius 3 is 2.41 bits per heavy atom. The van der Waals surface area contributed by atoms with Gasteiger partial charge in [0.2, 0.25) is 5.91 Å². The van der Waals surface area contributed by atoms with E-state index in [1.807, 2.05) is 0 Å². The van der Waals surface area contributed by atoms with Crippen LogP contribution in [-0.4, -0.2) is 57.9 Å². The summed E-state index contributed by atoms with van der Waals surface area (Å²) < 4.78 is 45.9. The highest BCUT2D eigenvalue weighted by Crippen LogP contribution is 2.37. The van der Waals surface area contributed by atoms with E-state index in [4.69, 9.17) is 4.52 Å². The molecular weight excluding hydrogens is 425 g/mol. The summed E-state index contributed by atoms with van der Waals surface area (Å²) >= 11 is 0. The van der Waals surface area contributed by atoms with Gasteiger partial charge in [-0.1, -0.05) is 30.3 Å². The molecule has 1 aliphatic heterocycles. The van der Waals surface area contributed by atoms with Gasteiger partial charge in [-0.05, 0) is 19.1 Å². The number of hydrogen-bond donors (Lipinski definition) is 0. The SMILES string of the molecule is CCC(=O)N1CCN(C(=O)c2cc(-c3ccccc3C(F)(F)F)nc3onc(C)c23)CC1. The quantitative estimate of drug-likeness (QED) is 0.610. The van der Waals surface area contributed by atoms with Crippen LogP contribution >= 0.6 is 0 Å². The van der Waals surface area contributed by atoms with Crippen molar-refractivity contribution in [2.45, 2.75) is 26.4 Å². The molecule has 0 N–H and O–H groups in total. The zero-order chi connectivity index (χ0) is 23.0.